The maximum Gasteiger partial charge on any atom is 0.318 e. The van der Waals surface area contributed by atoms with Crippen molar-refractivity contribution < 1.29 is 4.79 Å². The van der Waals surface area contributed by atoms with Crippen LogP contribution in [0.2, 0.25) is 0 Å². The fourth-order valence-corrected chi connectivity index (χ4v) is 4.41. The summed E-state index contributed by atoms with van der Waals surface area (Å²) < 4.78 is 0. The van der Waals surface area contributed by atoms with Crippen LogP contribution in [0.5, 0.6) is 0 Å². The Hall–Kier alpha value is -4.26. The summed E-state index contributed by atoms with van der Waals surface area (Å²) in [6.07, 6.45) is 1.95. The second kappa shape index (κ2) is 11.9. The maximum absolute atomic E-state index is 13.5. The average molecular weight is 509 g/mol. The van der Waals surface area contributed by atoms with Crippen molar-refractivity contribution in [3.8, 4) is 22.5 Å². The third kappa shape index (κ3) is 6.35. The molecule has 4 rings (SSSR count). The molecule has 0 fully saturated rings. The zero-order chi connectivity index (χ0) is 27.1. The summed E-state index contributed by atoms with van der Waals surface area (Å²) in [4.78, 5) is 15.4. The number of rotatable bonds is 10. The van der Waals surface area contributed by atoms with Crippen LogP contribution in [0.25, 0.3) is 28.1 Å². The predicted molar refractivity (Wildman–Crippen MR) is 153 cm³/mol. The molecule has 0 bridgehead atoms. The van der Waals surface area contributed by atoms with Crippen LogP contribution < -0.4 is 5.32 Å². The summed E-state index contributed by atoms with van der Waals surface area (Å²) in [5.74, 6) is 0.559. The minimum absolute atomic E-state index is 0.0734. The highest BCUT2D eigenvalue weighted by Gasteiger charge is 2.26. The Balaban J connectivity index is 1.51. The summed E-state index contributed by atoms with van der Waals surface area (Å²) in [6.45, 7) is 13.5. The number of nitrogens with zero attached hydrogens (tertiary/aromatic N) is 4. The van der Waals surface area contributed by atoms with Crippen molar-refractivity contribution in [2.75, 3.05) is 6.54 Å². The summed E-state index contributed by atoms with van der Waals surface area (Å²) in [5.41, 5.74) is 6.66. The van der Waals surface area contributed by atoms with Gasteiger partial charge in [-0.3, -0.25) is 0 Å². The first-order valence-corrected chi connectivity index (χ1v) is 13.0. The van der Waals surface area contributed by atoms with Crippen molar-refractivity contribution in [1.29, 1.82) is 0 Å². The molecule has 0 saturated heterocycles. The molecule has 0 saturated carbocycles. The second-order valence-electron chi connectivity index (χ2n) is 10.2. The van der Waals surface area contributed by atoms with Gasteiger partial charge in [0.25, 0.3) is 0 Å². The molecule has 3 aromatic carbocycles. The van der Waals surface area contributed by atoms with Crippen molar-refractivity contribution in [2.45, 2.75) is 52.6 Å². The number of unbranched alkanes of at least 4 members (excludes halogenated alkanes) is 1. The highest BCUT2D eigenvalue weighted by Crippen LogP contribution is 2.30. The number of hydrogen-bond donors (Lipinski definition) is 2. The van der Waals surface area contributed by atoms with Crippen LogP contribution in [-0.4, -0.2) is 38.1 Å². The van der Waals surface area contributed by atoms with Crippen molar-refractivity contribution in [3.05, 3.63) is 96.1 Å². The first kappa shape index (κ1) is 26.8. The van der Waals surface area contributed by atoms with E-state index in [1.165, 1.54) is 0 Å². The quantitative estimate of drug-likeness (QED) is 0.246. The van der Waals surface area contributed by atoms with Crippen LogP contribution in [0.3, 0.4) is 0 Å². The van der Waals surface area contributed by atoms with E-state index in [-0.39, 0.29) is 6.03 Å². The first-order valence-electron chi connectivity index (χ1n) is 13.0. The van der Waals surface area contributed by atoms with Gasteiger partial charge in [-0.15, -0.1) is 10.2 Å². The Labute approximate surface area is 225 Å². The zero-order valence-corrected chi connectivity index (χ0v) is 22.7. The largest absolute Gasteiger partial charge is 0.329 e. The number of allylic oxidation sites excluding steroid dienone is 1. The third-order valence-corrected chi connectivity index (χ3v) is 6.72. The maximum atomic E-state index is 13.5. The molecule has 0 spiro atoms. The Morgan fingerprint density at radius 2 is 1.76 bits per heavy atom. The first-order chi connectivity index (χ1) is 18.3. The highest BCUT2D eigenvalue weighted by molar-refractivity contribution is 5.80. The second-order valence-corrected chi connectivity index (χ2v) is 10.2. The molecule has 4 aromatic rings. The molecular weight excluding hydrogens is 472 g/mol. The molecule has 1 aromatic heterocycles. The monoisotopic (exact) mass is 508 g/mol. The Morgan fingerprint density at radius 1 is 1.03 bits per heavy atom. The van der Waals surface area contributed by atoms with Crippen LogP contribution in [0.15, 0.2) is 79.4 Å². The van der Waals surface area contributed by atoms with E-state index in [0.29, 0.717) is 18.9 Å². The number of amides is 2. The van der Waals surface area contributed by atoms with Crippen LogP contribution in [0.4, 0.5) is 4.79 Å². The fourth-order valence-electron chi connectivity index (χ4n) is 4.41. The molecule has 2 amide bonds. The number of carbonyl (C=O) groups excluding carboxylic acids is 1. The van der Waals surface area contributed by atoms with Gasteiger partial charge in [0.2, 0.25) is 5.82 Å². The van der Waals surface area contributed by atoms with Gasteiger partial charge in [-0.2, -0.15) is 5.21 Å². The molecule has 38 heavy (non-hydrogen) atoms. The summed E-state index contributed by atoms with van der Waals surface area (Å²) in [5, 5.41) is 17.8. The molecule has 0 atom stereocenters. The summed E-state index contributed by atoms with van der Waals surface area (Å²) >= 11 is 0. The minimum atomic E-state index is -0.532. The molecule has 0 aliphatic carbocycles. The Bertz CT molecular complexity index is 1380. The number of nitrogens with one attached hydrogen (secondary N) is 2. The van der Waals surface area contributed by atoms with E-state index < -0.39 is 5.54 Å². The normalized spacial score (nSPS) is 11.3. The number of carbonyl (C=O) groups is 1. The molecule has 1 heterocycles. The van der Waals surface area contributed by atoms with Gasteiger partial charge in [0.05, 0.1) is 5.54 Å². The number of H-pyrrole nitrogens is 1. The summed E-state index contributed by atoms with van der Waals surface area (Å²) in [7, 11) is 0. The lowest BCUT2D eigenvalue weighted by Crippen LogP contribution is -2.48. The standard InChI is InChI=1S/C31H36N6O/c1-6-7-19-37(30(38)32-31(4,5)26-12-10-11-25(20-26)22(2)3)21-23-15-17-24(18-16-23)27-13-8-9-14-28(27)29-33-35-36-34-29/h8-18,20H,2,6-7,19,21H2,1,3-5H3,(H,32,38)(H,33,34,35,36). The molecule has 7 heteroatoms. The van der Waals surface area contributed by atoms with Crippen LogP contribution in [0.1, 0.15) is 57.2 Å². The minimum Gasteiger partial charge on any atom is -0.329 e. The molecule has 0 unspecified atom stereocenters. The van der Waals surface area contributed by atoms with Crippen molar-refractivity contribution in [1.82, 2.24) is 30.8 Å². The third-order valence-electron chi connectivity index (χ3n) is 6.72. The van der Waals surface area contributed by atoms with E-state index in [2.05, 4.69) is 69.8 Å². The van der Waals surface area contributed by atoms with Gasteiger partial charge in [-0.05, 0) is 66.3 Å². The lowest BCUT2D eigenvalue weighted by molar-refractivity contribution is 0.183. The van der Waals surface area contributed by atoms with Crippen LogP contribution >= 0.6 is 0 Å². The van der Waals surface area contributed by atoms with E-state index in [1.54, 1.807) is 0 Å². The number of benzene rings is 3. The van der Waals surface area contributed by atoms with E-state index in [4.69, 9.17) is 0 Å². The van der Waals surface area contributed by atoms with Crippen molar-refractivity contribution >= 4 is 11.6 Å². The van der Waals surface area contributed by atoms with E-state index in [9.17, 15) is 4.79 Å². The molecular formula is C31H36N6O. The number of hydrogen-bond acceptors (Lipinski definition) is 4. The van der Waals surface area contributed by atoms with Crippen LogP contribution in [0, 0.1) is 0 Å². The molecule has 2 N–H and O–H groups in total. The molecule has 0 aliphatic heterocycles. The Morgan fingerprint density at radius 3 is 2.42 bits per heavy atom. The van der Waals surface area contributed by atoms with Crippen molar-refractivity contribution in [2.24, 2.45) is 0 Å². The lowest BCUT2D eigenvalue weighted by Gasteiger charge is -2.32. The van der Waals surface area contributed by atoms with Gasteiger partial charge >= 0.3 is 6.03 Å². The molecule has 0 aliphatic rings. The SMILES string of the molecule is C=C(C)c1cccc(C(C)(C)NC(=O)N(CCCC)Cc2ccc(-c3ccccc3-c3nn[nH]n3)cc2)c1. The van der Waals surface area contributed by atoms with E-state index in [1.807, 2.05) is 68.1 Å². The molecule has 7 nitrogen and oxygen atoms in total. The van der Waals surface area contributed by atoms with Gasteiger partial charge in [0, 0.05) is 18.7 Å². The predicted octanol–water partition coefficient (Wildman–Crippen LogP) is 6.81. The average Bonchev–Trinajstić information content (AvgIpc) is 3.46. The van der Waals surface area contributed by atoms with Gasteiger partial charge < -0.3 is 10.2 Å². The molecule has 0 radical (unpaired) electrons. The van der Waals surface area contributed by atoms with Crippen molar-refractivity contribution in [3.63, 3.8) is 0 Å². The smallest absolute Gasteiger partial charge is 0.318 e. The van der Waals surface area contributed by atoms with Gasteiger partial charge in [0.1, 0.15) is 0 Å². The molecule has 196 valence electrons. The van der Waals surface area contributed by atoms with Gasteiger partial charge in [0.15, 0.2) is 0 Å². The number of tetrazole rings is 1. The zero-order valence-electron chi connectivity index (χ0n) is 22.7. The van der Waals surface area contributed by atoms with E-state index in [0.717, 1.165) is 51.8 Å². The van der Waals surface area contributed by atoms with Crippen LogP contribution in [-0.2, 0) is 12.1 Å². The van der Waals surface area contributed by atoms with Gasteiger partial charge in [-0.25, -0.2) is 4.79 Å². The van der Waals surface area contributed by atoms with E-state index >= 15 is 0 Å². The number of aromatic nitrogens is 4. The number of aromatic amines is 1. The Kier molecular flexibility index (Phi) is 8.36. The number of urea groups is 1. The fraction of sp³-hybridized carbons (Fsp3) is 0.290. The van der Waals surface area contributed by atoms with Gasteiger partial charge in [-0.1, -0.05) is 92.2 Å². The lowest BCUT2D eigenvalue weighted by atomic mass is 9.92. The topological polar surface area (TPSA) is 86.8 Å². The summed E-state index contributed by atoms with van der Waals surface area (Å²) in [6, 6.07) is 24.4. The highest BCUT2D eigenvalue weighted by atomic mass is 16.2.